The van der Waals surface area contributed by atoms with E-state index in [1.807, 2.05) is 6.92 Å². The summed E-state index contributed by atoms with van der Waals surface area (Å²) in [6, 6.07) is 0. The molecule has 0 amide bonds. The predicted octanol–water partition coefficient (Wildman–Crippen LogP) is 1.65. The highest BCUT2D eigenvalue weighted by Crippen LogP contribution is 2.44. The average Bonchev–Trinajstić information content (AvgIpc) is 3.29. The van der Waals surface area contributed by atoms with Crippen molar-refractivity contribution in [2.75, 3.05) is 13.2 Å². The van der Waals surface area contributed by atoms with Gasteiger partial charge >= 0.3 is 5.69 Å². The molecule has 124 valence electrons. The van der Waals surface area contributed by atoms with Gasteiger partial charge < -0.3 is 9.72 Å². The largest absolute Gasteiger partial charge is 0.381 e. The molecule has 0 aliphatic heterocycles. The van der Waals surface area contributed by atoms with Gasteiger partial charge in [0.2, 0.25) is 0 Å². The van der Waals surface area contributed by atoms with Crippen LogP contribution in [-0.4, -0.2) is 34.1 Å². The number of allylic oxidation sites excluding steroid dienone is 1. The summed E-state index contributed by atoms with van der Waals surface area (Å²) in [5.74, 6) is 0.698. The van der Waals surface area contributed by atoms with E-state index in [0.717, 1.165) is 12.0 Å². The standard InChI is InChI=1S/C15H19ClN4O3/c1-4-23-7-10-5-11(10)8(2)13(16)20-19-9(3)12-6-17-15(22)18-14(12)21/h6,10-11H,2,4-5,7H2,1,3H3,(H2,17,18,21,22)/b19-9+,20-13+/t10-,11-/m1/s1. The smallest absolute Gasteiger partial charge is 0.325 e. The second-order valence-corrected chi connectivity index (χ2v) is 5.71. The maximum atomic E-state index is 11.7. The lowest BCUT2D eigenvalue weighted by Gasteiger charge is -2.02. The molecule has 7 nitrogen and oxygen atoms in total. The summed E-state index contributed by atoms with van der Waals surface area (Å²) in [6.45, 7) is 8.90. The van der Waals surface area contributed by atoms with E-state index in [9.17, 15) is 9.59 Å². The minimum absolute atomic E-state index is 0.217. The van der Waals surface area contributed by atoms with Crippen LogP contribution in [0.3, 0.4) is 0 Å². The van der Waals surface area contributed by atoms with Gasteiger partial charge in [0.05, 0.1) is 11.3 Å². The summed E-state index contributed by atoms with van der Waals surface area (Å²) < 4.78 is 5.38. The molecule has 1 aliphatic rings. The van der Waals surface area contributed by atoms with Gasteiger partial charge in [0.25, 0.3) is 5.56 Å². The van der Waals surface area contributed by atoms with E-state index in [2.05, 4.69) is 26.7 Å². The van der Waals surface area contributed by atoms with Crippen LogP contribution < -0.4 is 11.2 Å². The molecular weight excluding hydrogens is 320 g/mol. The number of H-pyrrole nitrogens is 2. The van der Waals surface area contributed by atoms with Crippen molar-refractivity contribution < 1.29 is 4.74 Å². The fourth-order valence-electron chi connectivity index (χ4n) is 2.20. The SMILES string of the molecule is C=C(/C(Cl)=N\N=C(/C)c1c[nH]c(=O)[nH]c1=O)[C@H]1C[C@@H]1COCC. The monoisotopic (exact) mass is 338 g/mol. The van der Waals surface area contributed by atoms with Crippen molar-refractivity contribution in [1.82, 2.24) is 9.97 Å². The summed E-state index contributed by atoms with van der Waals surface area (Å²) in [6.07, 6.45) is 2.27. The predicted molar refractivity (Wildman–Crippen MR) is 90.4 cm³/mol. The Bertz CT molecular complexity index is 762. The number of nitrogens with one attached hydrogen (secondary N) is 2. The van der Waals surface area contributed by atoms with Crippen LogP contribution in [0.5, 0.6) is 0 Å². The van der Waals surface area contributed by atoms with Gasteiger partial charge in [0.1, 0.15) is 0 Å². The Balaban J connectivity index is 2.05. The normalized spacial score (nSPS) is 21.3. The lowest BCUT2D eigenvalue weighted by atomic mass is 10.2. The molecule has 0 saturated heterocycles. The Hall–Kier alpha value is -1.99. The van der Waals surface area contributed by atoms with Gasteiger partial charge in [-0.3, -0.25) is 9.78 Å². The number of nitrogens with zero attached hydrogens (tertiary/aromatic N) is 2. The van der Waals surface area contributed by atoms with Crippen LogP contribution in [0.2, 0.25) is 0 Å². The van der Waals surface area contributed by atoms with Crippen molar-refractivity contribution in [1.29, 1.82) is 0 Å². The van der Waals surface area contributed by atoms with Crippen LogP contribution in [0, 0.1) is 11.8 Å². The van der Waals surface area contributed by atoms with Crippen LogP contribution in [0.1, 0.15) is 25.8 Å². The Morgan fingerprint density at radius 2 is 2.22 bits per heavy atom. The number of aromatic amines is 2. The topological polar surface area (TPSA) is 99.7 Å². The quantitative estimate of drug-likeness (QED) is 0.584. The van der Waals surface area contributed by atoms with Gasteiger partial charge in [0.15, 0.2) is 5.17 Å². The lowest BCUT2D eigenvalue weighted by molar-refractivity contribution is 0.135. The molecule has 0 aromatic carbocycles. The van der Waals surface area contributed by atoms with Gasteiger partial charge in [-0.05, 0) is 37.7 Å². The van der Waals surface area contributed by atoms with Crippen molar-refractivity contribution in [2.24, 2.45) is 22.0 Å². The zero-order chi connectivity index (χ0) is 17.0. The first-order valence-electron chi connectivity index (χ1n) is 7.31. The first-order chi connectivity index (χ1) is 10.9. The van der Waals surface area contributed by atoms with E-state index in [4.69, 9.17) is 16.3 Å². The average molecular weight is 339 g/mol. The molecule has 23 heavy (non-hydrogen) atoms. The van der Waals surface area contributed by atoms with Gasteiger partial charge in [-0.1, -0.05) is 18.2 Å². The van der Waals surface area contributed by atoms with Crippen molar-refractivity contribution in [3.05, 3.63) is 44.8 Å². The summed E-state index contributed by atoms with van der Waals surface area (Å²) in [5.41, 5.74) is 0.192. The van der Waals surface area contributed by atoms with E-state index in [-0.39, 0.29) is 16.7 Å². The minimum Gasteiger partial charge on any atom is -0.381 e. The third-order valence-electron chi connectivity index (χ3n) is 3.67. The van der Waals surface area contributed by atoms with Crippen molar-refractivity contribution >= 4 is 22.5 Å². The van der Waals surface area contributed by atoms with Gasteiger partial charge in [-0.15, -0.1) is 5.10 Å². The van der Waals surface area contributed by atoms with Gasteiger partial charge in [-0.25, -0.2) is 4.79 Å². The molecular formula is C15H19ClN4O3. The minimum atomic E-state index is -0.574. The number of ether oxygens (including phenoxy) is 1. The number of hydrogen-bond donors (Lipinski definition) is 2. The molecule has 0 unspecified atom stereocenters. The van der Waals surface area contributed by atoms with Gasteiger partial charge in [-0.2, -0.15) is 5.10 Å². The third kappa shape index (κ3) is 4.49. The van der Waals surface area contributed by atoms with Crippen LogP contribution in [-0.2, 0) is 4.74 Å². The fraction of sp³-hybridized carbons (Fsp3) is 0.467. The maximum absolute atomic E-state index is 11.7. The molecule has 2 rings (SSSR count). The third-order valence-corrected chi connectivity index (χ3v) is 3.99. The van der Waals surface area contributed by atoms with Crippen LogP contribution in [0.4, 0.5) is 0 Å². The molecule has 0 radical (unpaired) electrons. The van der Waals surface area contributed by atoms with E-state index in [1.54, 1.807) is 6.92 Å². The number of aromatic nitrogens is 2. The number of rotatable bonds is 7. The molecule has 1 aromatic rings. The van der Waals surface area contributed by atoms with E-state index in [1.165, 1.54) is 6.20 Å². The number of halogens is 1. The summed E-state index contributed by atoms with van der Waals surface area (Å²) >= 11 is 6.12. The molecule has 1 saturated carbocycles. The Morgan fingerprint density at radius 1 is 1.48 bits per heavy atom. The van der Waals surface area contributed by atoms with Crippen molar-refractivity contribution in [3.63, 3.8) is 0 Å². The first-order valence-corrected chi connectivity index (χ1v) is 7.68. The molecule has 1 heterocycles. The summed E-state index contributed by atoms with van der Waals surface area (Å²) in [5, 5.41) is 8.08. The van der Waals surface area contributed by atoms with E-state index >= 15 is 0 Å². The number of hydrogen-bond acceptors (Lipinski definition) is 5. The van der Waals surface area contributed by atoms with Crippen molar-refractivity contribution in [3.8, 4) is 0 Å². The highest BCUT2D eigenvalue weighted by Gasteiger charge is 2.40. The molecule has 1 aliphatic carbocycles. The van der Waals surface area contributed by atoms with Crippen LogP contribution in [0.15, 0.2) is 38.1 Å². The van der Waals surface area contributed by atoms with Crippen LogP contribution in [0.25, 0.3) is 0 Å². The van der Waals surface area contributed by atoms with Crippen molar-refractivity contribution in [2.45, 2.75) is 20.3 Å². The maximum Gasteiger partial charge on any atom is 0.325 e. The van der Waals surface area contributed by atoms with Crippen LogP contribution >= 0.6 is 11.6 Å². The fourth-order valence-corrected chi connectivity index (χ4v) is 2.37. The van der Waals surface area contributed by atoms with E-state index < -0.39 is 11.2 Å². The zero-order valence-electron chi connectivity index (χ0n) is 13.1. The highest BCUT2D eigenvalue weighted by atomic mass is 35.5. The Labute approximate surface area is 138 Å². The molecule has 1 aromatic heterocycles. The van der Waals surface area contributed by atoms with Gasteiger partial charge in [0, 0.05) is 19.4 Å². The molecule has 1 fully saturated rings. The zero-order valence-corrected chi connectivity index (χ0v) is 13.8. The second-order valence-electron chi connectivity index (χ2n) is 5.35. The molecule has 0 spiro atoms. The molecule has 2 atom stereocenters. The first kappa shape index (κ1) is 17.4. The lowest BCUT2D eigenvalue weighted by Crippen LogP contribution is -2.26. The molecule has 8 heteroatoms. The molecule has 0 bridgehead atoms. The Kier molecular flexibility index (Phi) is 5.68. The second kappa shape index (κ2) is 7.52. The van der Waals surface area contributed by atoms with E-state index in [0.29, 0.717) is 24.8 Å². The summed E-state index contributed by atoms with van der Waals surface area (Å²) in [7, 11) is 0. The highest BCUT2D eigenvalue weighted by molar-refractivity contribution is 6.69. The Morgan fingerprint density at radius 3 is 2.87 bits per heavy atom. The molecule has 2 N–H and O–H groups in total. The summed E-state index contributed by atoms with van der Waals surface area (Å²) in [4.78, 5) is 27.1.